The van der Waals surface area contributed by atoms with Gasteiger partial charge in [0.05, 0.1) is 9.83 Å². The second-order valence-corrected chi connectivity index (χ2v) is 12.1. The normalized spacial score (nSPS) is 21.9. The highest BCUT2D eigenvalue weighted by Crippen LogP contribution is 2.29. The maximum Gasteiger partial charge on any atom is 0.252 e. The summed E-state index contributed by atoms with van der Waals surface area (Å²) >= 11 is 4.55. The van der Waals surface area contributed by atoms with Crippen LogP contribution in [0, 0.1) is 5.92 Å². The Morgan fingerprint density at radius 1 is 1.22 bits per heavy atom. The average Bonchev–Trinajstić information content (AvgIpc) is 3.13. The third-order valence-electron chi connectivity index (χ3n) is 5.63. The number of nitrogens with one attached hydrogen (secondary N) is 1. The van der Waals surface area contributed by atoms with Crippen molar-refractivity contribution in [2.75, 3.05) is 32.7 Å². The number of rotatable bonds is 6. The summed E-state index contributed by atoms with van der Waals surface area (Å²) in [6, 6.07) is 3.17. The monoisotopic (exact) mass is 477 g/mol. The molecule has 0 unspecified atom stereocenters. The van der Waals surface area contributed by atoms with E-state index in [9.17, 15) is 13.2 Å². The van der Waals surface area contributed by atoms with Gasteiger partial charge in [0.2, 0.25) is 5.91 Å². The number of hydrogen-bond acceptors (Lipinski definition) is 5. The van der Waals surface area contributed by atoms with Gasteiger partial charge in [-0.3, -0.25) is 9.69 Å². The van der Waals surface area contributed by atoms with E-state index in [1.807, 2.05) is 6.92 Å². The van der Waals surface area contributed by atoms with E-state index in [0.29, 0.717) is 36.3 Å². The highest BCUT2D eigenvalue weighted by atomic mass is 79.9. The lowest BCUT2D eigenvalue weighted by Crippen LogP contribution is -2.55. The van der Waals surface area contributed by atoms with Crippen molar-refractivity contribution in [1.82, 2.24) is 14.5 Å². The Hall–Kier alpha value is -0.480. The summed E-state index contributed by atoms with van der Waals surface area (Å²) in [7, 11) is -3.44. The molecule has 1 aliphatic carbocycles. The van der Waals surface area contributed by atoms with Crippen LogP contribution in [0.25, 0.3) is 0 Å². The van der Waals surface area contributed by atoms with Crippen molar-refractivity contribution in [3.8, 4) is 0 Å². The molecule has 152 valence electrons. The molecule has 1 saturated carbocycles. The minimum absolute atomic E-state index is 0.0547. The van der Waals surface area contributed by atoms with Gasteiger partial charge < -0.3 is 5.32 Å². The van der Waals surface area contributed by atoms with Crippen molar-refractivity contribution < 1.29 is 13.2 Å². The van der Waals surface area contributed by atoms with Crippen LogP contribution in [0.1, 0.15) is 39.0 Å². The first-order valence-corrected chi connectivity index (χ1v) is 12.7. The molecule has 6 nitrogen and oxygen atoms in total. The molecule has 1 amide bonds. The predicted octanol–water partition coefficient (Wildman–Crippen LogP) is 2.90. The Balaban J connectivity index is 1.48. The van der Waals surface area contributed by atoms with E-state index < -0.39 is 10.0 Å². The number of thiophene rings is 1. The molecule has 1 saturated heterocycles. The molecule has 0 spiro atoms. The van der Waals surface area contributed by atoms with Crippen LogP contribution in [-0.4, -0.2) is 62.3 Å². The van der Waals surface area contributed by atoms with E-state index in [-0.39, 0.29) is 11.9 Å². The fourth-order valence-corrected chi connectivity index (χ4v) is 7.43. The summed E-state index contributed by atoms with van der Waals surface area (Å²) in [5, 5.41) is 3.10. The van der Waals surface area contributed by atoms with Crippen molar-refractivity contribution in [3.05, 3.63) is 15.9 Å². The van der Waals surface area contributed by atoms with Gasteiger partial charge in [-0.1, -0.05) is 19.3 Å². The van der Waals surface area contributed by atoms with Crippen LogP contribution in [0.5, 0.6) is 0 Å². The summed E-state index contributed by atoms with van der Waals surface area (Å²) in [5.74, 6) is 0.668. The zero-order valence-corrected chi connectivity index (χ0v) is 18.9. The van der Waals surface area contributed by atoms with Gasteiger partial charge in [0, 0.05) is 32.7 Å². The van der Waals surface area contributed by atoms with Crippen LogP contribution < -0.4 is 5.32 Å². The van der Waals surface area contributed by atoms with Gasteiger partial charge in [-0.05, 0) is 53.7 Å². The molecular formula is C18H28BrN3O3S2. The quantitative estimate of drug-likeness (QED) is 0.683. The van der Waals surface area contributed by atoms with Gasteiger partial charge in [-0.15, -0.1) is 11.3 Å². The van der Waals surface area contributed by atoms with E-state index in [0.717, 1.165) is 10.3 Å². The molecule has 2 heterocycles. The maximum atomic E-state index is 12.7. The molecule has 0 aromatic carbocycles. The number of nitrogens with zero attached hydrogens (tertiary/aromatic N) is 2. The Morgan fingerprint density at radius 3 is 2.48 bits per heavy atom. The van der Waals surface area contributed by atoms with Crippen LogP contribution in [-0.2, 0) is 14.8 Å². The lowest BCUT2D eigenvalue weighted by molar-refractivity contribution is -0.126. The first-order chi connectivity index (χ1) is 12.9. The van der Waals surface area contributed by atoms with Gasteiger partial charge in [0.1, 0.15) is 4.21 Å². The third-order valence-corrected chi connectivity index (χ3v) is 9.62. The second kappa shape index (κ2) is 9.35. The summed E-state index contributed by atoms with van der Waals surface area (Å²) in [6.07, 6.45) is 6.28. The molecule has 1 N–H and O–H groups in total. The summed E-state index contributed by atoms with van der Waals surface area (Å²) in [5.41, 5.74) is 0. The number of amides is 1. The summed E-state index contributed by atoms with van der Waals surface area (Å²) < 4.78 is 28.1. The van der Waals surface area contributed by atoms with E-state index in [1.54, 1.807) is 12.1 Å². The molecule has 0 radical (unpaired) electrons. The van der Waals surface area contributed by atoms with Gasteiger partial charge in [-0.25, -0.2) is 8.42 Å². The van der Waals surface area contributed by atoms with E-state index in [2.05, 4.69) is 26.1 Å². The molecule has 1 aliphatic heterocycles. The van der Waals surface area contributed by atoms with Gasteiger partial charge >= 0.3 is 0 Å². The van der Waals surface area contributed by atoms with Crippen LogP contribution in [0.15, 0.2) is 20.1 Å². The Bertz CT molecular complexity index is 739. The Kier molecular flexibility index (Phi) is 7.35. The highest BCUT2D eigenvalue weighted by molar-refractivity contribution is 9.11. The highest BCUT2D eigenvalue weighted by Gasteiger charge is 2.32. The molecule has 1 atom stereocenters. The number of hydrogen-bond donors (Lipinski definition) is 1. The fraction of sp³-hybridized carbons (Fsp3) is 0.722. The van der Waals surface area contributed by atoms with Gasteiger partial charge in [0.15, 0.2) is 0 Å². The molecule has 27 heavy (non-hydrogen) atoms. The summed E-state index contributed by atoms with van der Waals surface area (Å²) in [6.45, 7) is 4.66. The molecule has 0 bridgehead atoms. The largest absolute Gasteiger partial charge is 0.354 e. The van der Waals surface area contributed by atoms with E-state index in [1.165, 1.54) is 47.7 Å². The SMILES string of the molecule is C[C@@H](C(=O)NCC1CCCCC1)N1CCN(S(=O)(=O)c2ccc(Br)s2)CC1. The lowest BCUT2D eigenvalue weighted by Gasteiger charge is -2.36. The molecule has 2 fully saturated rings. The Labute approximate surface area is 174 Å². The van der Waals surface area contributed by atoms with Crippen molar-refractivity contribution in [1.29, 1.82) is 0 Å². The third kappa shape index (κ3) is 5.32. The number of carbonyl (C=O) groups excluding carboxylic acids is 1. The smallest absolute Gasteiger partial charge is 0.252 e. The molecule has 3 rings (SSSR count). The van der Waals surface area contributed by atoms with E-state index in [4.69, 9.17) is 0 Å². The average molecular weight is 478 g/mol. The number of carbonyl (C=O) groups is 1. The standard InChI is InChI=1S/C18H28BrN3O3S2/c1-14(18(23)20-13-15-5-3-2-4-6-15)21-9-11-22(12-10-21)27(24,25)17-8-7-16(19)26-17/h7-8,14-15H,2-6,9-13H2,1H3,(H,20,23)/t14-/m0/s1. The van der Waals surface area contributed by atoms with Gasteiger partial charge in [-0.2, -0.15) is 4.31 Å². The number of halogens is 1. The predicted molar refractivity (Wildman–Crippen MR) is 111 cm³/mol. The molecule has 1 aromatic rings. The zero-order valence-electron chi connectivity index (χ0n) is 15.7. The second-order valence-electron chi connectivity index (χ2n) is 7.42. The van der Waals surface area contributed by atoms with Gasteiger partial charge in [0.25, 0.3) is 10.0 Å². The summed E-state index contributed by atoms with van der Waals surface area (Å²) in [4.78, 5) is 14.6. The van der Waals surface area contributed by atoms with Crippen molar-refractivity contribution in [2.24, 2.45) is 5.92 Å². The van der Waals surface area contributed by atoms with Crippen LogP contribution >= 0.6 is 27.3 Å². The van der Waals surface area contributed by atoms with Crippen LogP contribution in [0.3, 0.4) is 0 Å². The minimum Gasteiger partial charge on any atom is -0.354 e. The van der Waals surface area contributed by atoms with Crippen LogP contribution in [0.2, 0.25) is 0 Å². The molecule has 1 aromatic heterocycles. The first kappa shape index (κ1) is 21.2. The molecule has 2 aliphatic rings. The maximum absolute atomic E-state index is 12.7. The van der Waals surface area contributed by atoms with Crippen molar-refractivity contribution >= 4 is 43.2 Å². The van der Waals surface area contributed by atoms with Crippen molar-refractivity contribution in [3.63, 3.8) is 0 Å². The van der Waals surface area contributed by atoms with Crippen LogP contribution in [0.4, 0.5) is 0 Å². The number of piperazine rings is 1. The first-order valence-electron chi connectivity index (χ1n) is 9.65. The van der Waals surface area contributed by atoms with E-state index >= 15 is 0 Å². The zero-order chi connectivity index (χ0) is 19.4. The fourth-order valence-electron chi connectivity index (χ4n) is 3.84. The van der Waals surface area contributed by atoms with Crippen molar-refractivity contribution in [2.45, 2.75) is 49.3 Å². The Morgan fingerprint density at radius 2 is 1.89 bits per heavy atom. The molecule has 9 heteroatoms. The minimum atomic E-state index is -3.44. The number of sulfonamides is 1. The molecular weight excluding hydrogens is 450 g/mol. The lowest BCUT2D eigenvalue weighted by atomic mass is 9.89. The topological polar surface area (TPSA) is 69.7 Å².